The number of hydrogen-bond donors (Lipinski definition) is 1. The zero-order valence-electron chi connectivity index (χ0n) is 16.2. The monoisotopic (exact) mass is 438 g/mol. The molecule has 1 aromatic carbocycles. The van der Waals surface area contributed by atoms with Gasteiger partial charge in [-0.25, -0.2) is 4.98 Å². The van der Waals surface area contributed by atoms with E-state index in [9.17, 15) is 4.79 Å². The van der Waals surface area contributed by atoms with Gasteiger partial charge in [-0.1, -0.05) is 35.3 Å². The molecular weight excluding hydrogens is 415 g/mol. The third kappa shape index (κ3) is 5.20. The van der Waals surface area contributed by atoms with Crippen LogP contribution in [0.1, 0.15) is 24.0 Å². The maximum Gasteiger partial charge on any atom is 0.231 e. The smallest absolute Gasteiger partial charge is 0.231 e. The van der Waals surface area contributed by atoms with Crippen molar-refractivity contribution in [3.05, 3.63) is 57.7 Å². The molecule has 2 heterocycles. The molecule has 1 fully saturated rings. The summed E-state index contributed by atoms with van der Waals surface area (Å²) in [6.45, 7) is 2.12. The predicted octanol–water partition coefficient (Wildman–Crippen LogP) is 3.78. The van der Waals surface area contributed by atoms with E-state index in [1.807, 2.05) is 18.2 Å². The Labute approximate surface area is 180 Å². The average molecular weight is 439 g/mol. The minimum Gasteiger partial charge on any atom is -0.475 e. The van der Waals surface area contributed by atoms with Gasteiger partial charge in [-0.3, -0.25) is 4.79 Å². The molecule has 1 amide bonds. The Morgan fingerprint density at radius 1 is 1.24 bits per heavy atom. The van der Waals surface area contributed by atoms with Crippen LogP contribution in [-0.4, -0.2) is 44.4 Å². The number of rotatable bonds is 8. The van der Waals surface area contributed by atoms with Crippen LogP contribution < -0.4 is 10.1 Å². The quantitative estimate of drug-likeness (QED) is 0.635. The molecule has 0 radical (unpaired) electrons. The van der Waals surface area contributed by atoms with Gasteiger partial charge >= 0.3 is 0 Å². The van der Waals surface area contributed by atoms with Crippen LogP contribution in [0.5, 0.6) is 5.88 Å². The number of carbonyl (C=O) groups excluding carboxylic acids is 1. The van der Waals surface area contributed by atoms with Gasteiger partial charge in [0.2, 0.25) is 11.8 Å². The van der Waals surface area contributed by atoms with E-state index < -0.39 is 5.41 Å². The Kier molecular flexibility index (Phi) is 7.72. The highest BCUT2D eigenvalue weighted by molar-refractivity contribution is 6.35. The Hall–Kier alpha value is -1.86. The number of pyridine rings is 1. The molecule has 1 aliphatic rings. The molecule has 6 nitrogen and oxygen atoms in total. The maximum atomic E-state index is 13.4. The molecule has 0 atom stereocenters. The van der Waals surface area contributed by atoms with Crippen molar-refractivity contribution in [3.63, 3.8) is 0 Å². The van der Waals surface area contributed by atoms with E-state index in [0.29, 0.717) is 61.7 Å². The molecular formula is C21H24Cl2N2O4. The number of hydrogen-bond acceptors (Lipinski definition) is 5. The largest absolute Gasteiger partial charge is 0.475 e. The fourth-order valence-corrected chi connectivity index (χ4v) is 4.06. The van der Waals surface area contributed by atoms with E-state index in [2.05, 4.69) is 10.3 Å². The van der Waals surface area contributed by atoms with Crippen molar-refractivity contribution in [1.29, 1.82) is 0 Å². The number of carbonyl (C=O) groups is 1. The van der Waals surface area contributed by atoms with Gasteiger partial charge in [-0.15, -0.1) is 0 Å². The molecule has 3 rings (SSSR count). The van der Waals surface area contributed by atoms with E-state index in [1.165, 1.54) is 0 Å². The topological polar surface area (TPSA) is 69.7 Å². The number of methoxy groups -OCH3 is 1. The van der Waals surface area contributed by atoms with Gasteiger partial charge in [0.25, 0.3) is 0 Å². The Morgan fingerprint density at radius 2 is 2.03 bits per heavy atom. The molecule has 0 unspecified atom stereocenters. The fourth-order valence-electron chi connectivity index (χ4n) is 3.47. The fraction of sp³-hybridized carbons (Fsp3) is 0.429. The highest BCUT2D eigenvalue weighted by atomic mass is 35.5. The standard InChI is InChI=1S/C21H24Cl2N2O4/c1-27-11-12-29-19-15(3-2-8-24-19)14-25-20(26)21(6-9-28-10-7-21)17-5-4-16(22)13-18(17)23/h2-5,8,13H,6-7,9-12,14H2,1H3,(H,25,26). The summed E-state index contributed by atoms with van der Waals surface area (Å²) in [5, 5.41) is 4.07. The molecule has 0 saturated carbocycles. The van der Waals surface area contributed by atoms with Crippen molar-refractivity contribution in [2.24, 2.45) is 0 Å². The van der Waals surface area contributed by atoms with E-state index >= 15 is 0 Å². The Bertz CT molecular complexity index is 841. The molecule has 0 aliphatic carbocycles. The summed E-state index contributed by atoms with van der Waals surface area (Å²) in [7, 11) is 1.61. The molecule has 1 aromatic heterocycles. The van der Waals surface area contributed by atoms with E-state index in [0.717, 1.165) is 11.1 Å². The van der Waals surface area contributed by atoms with Gasteiger partial charge in [0.1, 0.15) is 6.61 Å². The summed E-state index contributed by atoms with van der Waals surface area (Å²) in [6, 6.07) is 8.95. The van der Waals surface area contributed by atoms with Gasteiger partial charge < -0.3 is 19.5 Å². The third-order valence-corrected chi connectivity index (χ3v) is 5.59. The molecule has 0 spiro atoms. The van der Waals surface area contributed by atoms with Crippen LogP contribution in [0.4, 0.5) is 0 Å². The Balaban J connectivity index is 1.78. The number of halogens is 2. The lowest BCUT2D eigenvalue weighted by Gasteiger charge is -2.37. The molecule has 1 saturated heterocycles. The SMILES string of the molecule is COCCOc1ncccc1CNC(=O)C1(c2ccc(Cl)cc2Cl)CCOCC1. The molecule has 1 aliphatic heterocycles. The Morgan fingerprint density at radius 3 is 2.76 bits per heavy atom. The lowest BCUT2D eigenvalue weighted by Crippen LogP contribution is -2.48. The van der Waals surface area contributed by atoms with Gasteiger partial charge in [0, 0.05) is 48.7 Å². The lowest BCUT2D eigenvalue weighted by molar-refractivity contribution is -0.130. The molecule has 0 bridgehead atoms. The zero-order valence-corrected chi connectivity index (χ0v) is 17.8. The number of ether oxygens (including phenoxy) is 3. The summed E-state index contributed by atoms with van der Waals surface area (Å²) in [4.78, 5) is 17.6. The number of nitrogens with zero attached hydrogens (tertiary/aromatic N) is 1. The molecule has 156 valence electrons. The number of benzene rings is 1. The van der Waals surface area contributed by atoms with E-state index in [4.69, 9.17) is 37.4 Å². The molecule has 8 heteroatoms. The lowest BCUT2D eigenvalue weighted by atomic mass is 9.73. The number of amides is 1. The second-order valence-electron chi connectivity index (χ2n) is 6.81. The average Bonchev–Trinajstić information content (AvgIpc) is 2.73. The molecule has 2 aromatic rings. The summed E-state index contributed by atoms with van der Waals surface area (Å²) in [6.07, 6.45) is 2.75. The maximum absolute atomic E-state index is 13.4. The number of nitrogens with one attached hydrogen (secondary N) is 1. The first-order chi connectivity index (χ1) is 14.1. The van der Waals surface area contributed by atoms with Gasteiger partial charge in [0.05, 0.1) is 12.0 Å². The van der Waals surface area contributed by atoms with Crippen molar-refractivity contribution in [2.75, 3.05) is 33.5 Å². The second-order valence-corrected chi connectivity index (χ2v) is 7.65. The van der Waals surface area contributed by atoms with Crippen molar-refractivity contribution in [3.8, 4) is 5.88 Å². The van der Waals surface area contributed by atoms with Gasteiger partial charge in [0.15, 0.2) is 0 Å². The summed E-state index contributed by atoms with van der Waals surface area (Å²) < 4.78 is 16.2. The highest BCUT2D eigenvalue weighted by Gasteiger charge is 2.43. The molecule has 1 N–H and O–H groups in total. The second kappa shape index (κ2) is 10.3. The minimum absolute atomic E-state index is 0.100. The van der Waals surface area contributed by atoms with Crippen LogP contribution in [0, 0.1) is 0 Å². The predicted molar refractivity (Wildman–Crippen MR) is 112 cm³/mol. The zero-order chi connectivity index (χ0) is 20.7. The van der Waals surface area contributed by atoms with Crippen molar-refractivity contribution in [1.82, 2.24) is 10.3 Å². The van der Waals surface area contributed by atoms with Crippen LogP contribution in [0.25, 0.3) is 0 Å². The van der Waals surface area contributed by atoms with E-state index in [-0.39, 0.29) is 5.91 Å². The summed E-state index contributed by atoms with van der Waals surface area (Å²) in [5.74, 6) is 0.382. The van der Waals surface area contributed by atoms with Crippen molar-refractivity contribution in [2.45, 2.75) is 24.8 Å². The van der Waals surface area contributed by atoms with Crippen molar-refractivity contribution < 1.29 is 19.0 Å². The minimum atomic E-state index is -0.765. The van der Waals surface area contributed by atoms with Crippen molar-refractivity contribution >= 4 is 29.1 Å². The van der Waals surface area contributed by atoms with E-state index in [1.54, 1.807) is 25.4 Å². The van der Waals surface area contributed by atoms with Crippen LogP contribution in [0.15, 0.2) is 36.5 Å². The van der Waals surface area contributed by atoms with Gasteiger partial charge in [-0.05, 0) is 36.6 Å². The summed E-state index contributed by atoms with van der Waals surface area (Å²) in [5.41, 5.74) is 0.799. The third-order valence-electron chi connectivity index (χ3n) is 5.04. The van der Waals surface area contributed by atoms with Crippen LogP contribution in [0.2, 0.25) is 10.0 Å². The van der Waals surface area contributed by atoms with Crippen LogP contribution >= 0.6 is 23.2 Å². The first-order valence-electron chi connectivity index (χ1n) is 9.44. The summed E-state index contributed by atoms with van der Waals surface area (Å²) >= 11 is 12.5. The van der Waals surface area contributed by atoms with Gasteiger partial charge in [-0.2, -0.15) is 0 Å². The first kappa shape index (κ1) is 21.8. The molecule has 29 heavy (non-hydrogen) atoms. The first-order valence-corrected chi connectivity index (χ1v) is 10.2. The van der Waals surface area contributed by atoms with Crippen LogP contribution in [0.3, 0.4) is 0 Å². The number of aromatic nitrogens is 1. The van der Waals surface area contributed by atoms with Crippen LogP contribution in [-0.2, 0) is 26.2 Å². The normalized spacial score (nSPS) is 15.7. The highest BCUT2D eigenvalue weighted by Crippen LogP contribution is 2.40.